The summed E-state index contributed by atoms with van der Waals surface area (Å²) >= 11 is 1.48. The minimum Gasteiger partial charge on any atom is -0.389 e. The Morgan fingerprint density at radius 2 is 2.06 bits per heavy atom. The van der Waals surface area contributed by atoms with E-state index in [1.54, 1.807) is 6.07 Å². The third-order valence-electron chi connectivity index (χ3n) is 2.62. The molecule has 2 N–H and O–H groups in total. The molecule has 0 unspecified atom stereocenters. The van der Waals surface area contributed by atoms with Crippen LogP contribution in [0.1, 0.15) is 30.3 Å². The first-order valence-electron chi connectivity index (χ1n) is 5.51. The zero-order valence-electron chi connectivity index (χ0n) is 10.1. The fraction of sp³-hybridized carbons (Fsp3) is 0.308. The van der Waals surface area contributed by atoms with E-state index in [2.05, 4.69) is 18.8 Å². The molecule has 17 heavy (non-hydrogen) atoms. The topological polar surface area (TPSA) is 38.9 Å². The van der Waals surface area contributed by atoms with Crippen molar-refractivity contribution in [2.75, 3.05) is 5.73 Å². The summed E-state index contributed by atoms with van der Waals surface area (Å²) in [6, 6.07) is 4.69. The molecule has 4 heteroatoms. The fourth-order valence-corrected chi connectivity index (χ4v) is 2.49. The fourth-order valence-electron chi connectivity index (χ4n) is 1.64. The minimum atomic E-state index is -0.260. The van der Waals surface area contributed by atoms with E-state index in [0.717, 1.165) is 16.1 Å². The molecule has 90 valence electrons. The summed E-state index contributed by atoms with van der Waals surface area (Å²) < 4.78 is 13.3. The van der Waals surface area contributed by atoms with Crippen molar-refractivity contribution in [3.8, 4) is 11.3 Å². The third kappa shape index (κ3) is 2.31. The number of aromatic nitrogens is 1. The Morgan fingerprint density at radius 3 is 2.65 bits per heavy atom. The molecule has 0 atom stereocenters. The highest BCUT2D eigenvalue weighted by atomic mass is 32.1. The van der Waals surface area contributed by atoms with Crippen LogP contribution in [-0.4, -0.2) is 4.98 Å². The van der Waals surface area contributed by atoms with Crippen LogP contribution in [0.3, 0.4) is 0 Å². The first-order chi connectivity index (χ1) is 7.99. The maximum Gasteiger partial charge on any atom is 0.123 e. The number of nitrogen functional groups attached to an aromatic ring is 1. The van der Waals surface area contributed by atoms with E-state index in [9.17, 15) is 4.39 Å². The number of hydrogen-bond donors (Lipinski definition) is 1. The smallest absolute Gasteiger partial charge is 0.123 e. The molecular formula is C13H15FN2S. The highest BCUT2D eigenvalue weighted by Gasteiger charge is 2.14. The van der Waals surface area contributed by atoms with Gasteiger partial charge in [0, 0.05) is 11.5 Å². The van der Waals surface area contributed by atoms with E-state index >= 15 is 0 Å². The lowest BCUT2D eigenvalue weighted by molar-refractivity contribution is 0.628. The Labute approximate surface area is 104 Å². The first-order valence-corrected chi connectivity index (χ1v) is 6.33. The number of nitrogens with zero attached hydrogens (tertiary/aromatic N) is 1. The number of halogens is 1. The summed E-state index contributed by atoms with van der Waals surface area (Å²) in [7, 11) is 0. The maximum atomic E-state index is 13.3. The summed E-state index contributed by atoms with van der Waals surface area (Å²) in [4.78, 5) is 4.51. The van der Waals surface area contributed by atoms with E-state index in [0.29, 0.717) is 16.6 Å². The molecule has 1 aromatic heterocycles. The summed E-state index contributed by atoms with van der Waals surface area (Å²) in [6.45, 7) is 6.07. The van der Waals surface area contributed by atoms with Crippen LogP contribution < -0.4 is 5.73 Å². The Morgan fingerprint density at radius 1 is 1.35 bits per heavy atom. The van der Waals surface area contributed by atoms with Crippen molar-refractivity contribution in [3.05, 3.63) is 34.6 Å². The van der Waals surface area contributed by atoms with Gasteiger partial charge in [0.15, 0.2) is 0 Å². The predicted octanol–water partition coefficient (Wildman–Crippen LogP) is 3.96. The van der Waals surface area contributed by atoms with Crippen molar-refractivity contribution >= 4 is 16.3 Å². The zero-order valence-corrected chi connectivity index (χ0v) is 10.9. The molecule has 2 rings (SSSR count). The van der Waals surface area contributed by atoms with Crippen molar-refractivity contribution in [2.45, 2.75) is 26.7 Å². The lowest BCUT2D eigenvalue weighted by atomic mass is 10.1. The number of nitrogens with two attached hydrogens (primary N) is 1. The van der Waals surface area contributed by atoms with Gasteiger partial charge in [0.05, 0.1) is 5.01 Å². The Balaban J connectivity index is 2.56. The highest BCUT2D eigenvalue weighted by molar-refractivity contribution is 7.16. The lowest BCUT2D eigenvalue weighted by Crippen LogP contribution is -1.91. The zero-order chi connectivity index (χ0) is 12.6. The van der Waals surface area contributed by atoms with Gasteiger partial charge in [0.1, 0.15) is 16.5 Å². The number of thiazole rings is 1. The van der Waals surface area contributed by atoms with Crippen molar-refractivity contribution in [1.82, 2.24) is 4.98 Å². The normalized spacial score (nSPS) is 11.1. The second-order valence-electron chi connectivity index (χ2n) is 4.38. The van der Waals surface area contributed by atoms with Crippen LogP contribution in [0.4, 0.5) is 9.39 Å². The van der Waals surface area contributed by atoms with E-state index in [4.69, 9.17) is 5.73 Å². The molecule has 0 fully saturated rings. The van der Waals surface area contributed by atoms with Crippen LogP contribution in [0.2, 0.25) is 0 Å². The summed E-state index contributed by atoms with van der Waals surface area (Å²) in [5, 5.41) is 1.64. The number of anilines is 1. The van der Waals surface area contributed by atoms with Crippen LogP contribution >= 0.6 is 11.3 Å². The van der Waals surface area contributed by atoms with Gasteiger partial charge < -0.3 is 5.73 Å². The predicted molar refractivity (Wildman–Crippen MR) is 70.7 cm³/mol. The molecular weight excluding hydrogens is 235 g/mol. The van der Waals surface area contributed by atoms with E-state index in [1.165, 1.54) is 23.5 Å². The van der Waals surface area contributed by atoms with Crippen LogP contribution in [0.15, 0.2) is 18.2 Å². The standard InChI is InChI=1S/C13H15FN2S/c1-7(2)13-16-11(12(15)17-13)10-6-9(14)5-4-8(10)3/h4-7H,15H2,1-3H3. The van der Waals surface area contributed by atoms with Crippen LogP contribution in [-0.2, 0) is 0 Å². The van der Waals surface area contributed by atoms with Crippen molar-refractivity contribution in [2.24, 2.45) is 0 Å². The molecule has 0 aliphatic heterocycles. The molecule has 2 nitrogen and oxygen atoms in total. The van der Waals surface area contributed by atoms with E-state index < -0.39 is 0 Å². The van der Waals surface area contributed by atoms with Crippen molar-refractivity contribution in [1.29, 1.82) is 0 Å². The van der Waals surface area contributed by atoms with Crippen molar-refractivity contribution in [3.63, 3.8) is 0 Å². The largest absolute Gasteiger partial charge is 0.389 e. The maximum absolute atomic E-state index is 13.3. The van der Waals surface area contributed by atoms with Crippen molar-refractivity contribution < 1.29 is 4.39 Å². The third-order valence-corrected chi connectivity index (χ3v) is 3.80. The van der Waals surface area contributed by atoms with Crippen LogP contribution in [0.25, 0.3) is 11.3 Å². The number of hydrogen-bond acceptors (Lipinski definition) is 3. The Bertz CT molecular complexity index is 546. The molecule has 0 spiro atoms. The Kier molecular flexibility index (Phi) is 3.15. The molecule has 0 saturated carbocycles. The van der Waals surface area contributed by atoms with Gasteiger partial charge in [0.25, 0.3) is 0 Å². The number of aryl methyl sites for hydroxylation is 1. The molecule has 0 aliphatic carbocycles. The number of benzene rings is 1. The van der Waals surface area contributed by atoms with Gasteiger partial charge in [0.2, 0.25) is 0 Å². The quantitative estimate of drug-likeness (QED) is 0.876. The van der Waals surface area contributed by atoms with E-state index in [1.807, 2.05) is 6.92 Å². The average Bonchev–Trinajstić information content (AvgIpc) is 2.64. The molecule has 1 heterocycles. The average molecular weight is 250 g/mol. The molecule has 1 aromatic carbocycles. The molecule has 2 aromatic rings. The minimum absolute atomic E-state index is 0.260. The van der Waals surface area contributed by atoms with Gasteiger partial charge in [-0.1, -0.05) is 19.9 Å². The van der Waals surface area contributed by atoms with Crippen LogP contribution in [0.5, 0.6) is 0 Å². The van der Waals surface area contributed by atoms with Gasteiger partial charge in [-0.15, -0.1) is 11.3 Å². The summed E-state index contributed by atoms with van der Waals surface area (Å²) in [5.41, 5.74) is 8.44. The van der Waals surface area contributed by atoms with Gasteiger partial charge in [-0.2, -0.15) is 0 Å². The monoisotopic (exact) mass is 250 g/mol. The first kappa shape index (κ1) is 12.0. The van der Waals surface area contributed by atoms with Crippen LogP contribution in [0, 0.1) is 12.7 Å². The molecule has 0 bridgehead atoms. The SMILES string of the molecule is Cc1ccc(F)cc1-c1nc(C(C)C)sc1N. The van der Waals surface area contributed by atoms with Gasteiger partial charge in [-0.25, -0.2) is 9.37 Å². The van der Waals surface area contributed by atoms with Gasteiger partial charge in [-0.3, -0.25) is 0 Å². The molecule has 0 aliphatic rings. The summed E-state index contributed by atoms with van der Waals surface area (Å²) in [6.07, 6.45) is 0. The molecule has 0 saturated heterocycles. The number of rotatable bonds is 2. The molecule has 0 radical (unpaired) electrons. The second kappa shape index (κ2) is 4.45. The summed E-state index contributed by atoms with van der Waals surface area (Å²) in [5.74, 6) is 0.0778. The lowest BCUT2D eigenvalue weighted by Gasteiger charge is -2.03. The van der Waals surface area contributed by atoms with Gasteiger partial charge >= 0.3 is 0 Å². The highest BCUT2D eigenvalue weighted by Crippen LogP contribution is 2.35. The molecule has 0 amide bonds. The Hall–Kier alpha value is -1.42. The van der Waals surface area contributed by atoms with E-state index in [-0.39, 0.29) is 5.82 Å². The second-order valence-corrected chi connectivity index (χ2v) is 5.44. The van der Waals surface area contributed by atoms with Gasteiger partial charge in [-0.05, 0) is 24.6 Å².